The number of hydrogen-bond donors (Lipinski definition) is 0. The molecule has 234 valence electrons. The fraction of sp³-hybridized carbons (Fsp3) is 0.0476. The van der Waals surface area contributed by atoms with Gasteiger partial charge in [0.05, 0.1) is 23.3 Å². The predicted molar refractivity (Wildman–Crippen MR) is 207 cm³/mol. The van der Waals surface area contributed by atoms with E-state index >= 15 is 0 Å². The van der Waals surface area contributed by atoms with E-state index in [0.29, 0.717) is 34.2 Å². The first-order chi connectivity index (χ1) is 23.2. The lowest BCUT2D eigenvalue weighted by Crippen LogP contribution is -2.29. The molecule has 0 saturated carbocycles. The monoisotopic (exact) mass is 850 g/mol. The number of ether oxygens (including phenoxy) is 1. The first-order valence-electron chi connectivity index (χ1n) is 15.4. The first kappa shape index (κ1) is 32.0. The van der Waals surface area contributed by atoms with Crippen molar-refractivity contribution in [2.45, 2.75) is 13.8 Å². The number of carbonyl (C=O) groups is 1. The summed E-state index contributed by atoms with van der Waals surface area (Å²) in [6.45, 7) is 4.06. The van der Waals surface area contributed by atoms with E-state index in [-0.39, 0.29) is 22.7 Å². The molecule has 1 aliphatic carbocycles. The first-order valence-corrected chi connectivity index (χ1v) is 17.5. The van der Waals surface area contributed by atoms with Crippen molar-refractivity contribution in [3.05, 3.63) is 185 Å². The molecule has 0 fully saturated rings. The average molecular weight is 850 g/mol. The fourth-order valence-corrected chi connectivity index (χ4v) is 6.44. The molecule has 5 aromatic rings. The van der Waals surface area contributed by atoms with Crippen molar-refractivity contribution in [1.29, 1.82) is 0 Å². The summed E-state index contributed by atoms with van der Waals surface area (Å²) in [5, 5.41) is 13.6. The third kappa shape index (κ3) is 6.59. The zero-order valence-electron chi connectivity index (χ0n) is 26.1. The van der Waals surface area contributed by atoms with Crippen LogP contribution in [0.3, 0.4) is 0 Å². The lowest BCUT2D eigenvalue weighted by molar-refractivity contribution is -0.300. The Morgan fingerprint density at radius 1 is 0.667 bits per heavy atom. The second-order valence-corrected chi connectivity index (χ2v) is 14.1. The Labute approximate surface area is 306 Å². The van der Waals surface area contributed by atoms with Crippen LogP contribution >= 0.6 is 45.2 Å². The highest BCUT2D eigenvalue weighted by atomic mass is 127. The number of allylic oxidation sites excluding steroid dienone is 6. The minimum atomic E-state index is -0.289. The summed E-state index contributed by atoms with van der Waals surface area (Å²) in [5.41, 5.74) is 7.53. The molecule has 0 amide bonds. The normalized spacial score (nSPS) is 16.0. The summed E-state index contributed by atoms with van der Waals surface area (Å²) in [6.07, 6.45) is 7.10. The summed E-state index contributed by atoms with van der Waals surface area (Å²) in [5.74, 6) is 2.03. The molecule has 0 radical (unpaired) electrons. The number of halogens is 2. The number of rotatable bonds is 6. The van der Waals surface area contributed by atoms with Gasteiger partial charge in [-0.3, -0.25) is 4.79 Å². The summed E-state index contributed by atoms with van der Waals surface area (Å²) in [7, 11) is 0. The molecule has 0 spiro atoms. The molecule has 0 saturated heterocycles. The van der Waals surface area contributed by atoms with Crippen LogP contribution in [0.1, 0.15) is 27.8 Å². The molecule has 0 unspecified atom stereocenters. The molecule has 4 nitrogen and oxygen atoms in total. The summed E-state index contributed by atoms with van der Waals surface area (Å²) in [4.78, 5) is 13.6. The highest BCUT2D eigenvalue weighted by Gasteiger charge is 2.28. The van der Waals surface area contributed by atoms with Crippen LogP contribution in [-0.4, -0.2) is 5.78 Å². The van der Waals surface area contributed by atoms with Crippen molar-refractivity contribution in [3.63, 3.8) is 0 Å². The Kier molecular flexibility index (Phi) is 9.02. The zero-order chi connectivity index (χ0) is 33.4. The quantitative estimate of drug-likeness (QED) is 0.0970. The van der Waals surface area contributed by atoms with Crippen molar-refractivity contribution in [3.8, 4) is 22.6 Å². The molecule has 2 aliphatic rings. The fourth-order valence-electron chi connectivity index (χ4n) is 5.72. The Hall–Kier alpha value is -4.54. The van der Waals surface area contributed by atoms with Crippen molar-refractivity contribution >= 4 is 68.6 Å². The number of ketones is 1. The smallest absolute Gasteiger partial charge is 0.361 e. The molecule has 0 N–H and O–H groups in total. The van der Waals surface area contributed by atoms with E-state index in [0.717, 1.165) is 40.5 Å². The van der Waals surface area contributed by atoms with Gasteiger partial charge < -0.3 is 9.84 Å². The van der Waals surface area contributed by atoms with Crippen LogP contribution in [0.4, 0.5) is 0 Å². The van der Waals surface area contributed by atoms with E-state index in [4.69, 9.17) is 9.15 Å². The molecule has 0 atom stereocenters. The number of carbonyl (C=O) groups excluding carboxylic acids is 1. The van der Waals surface area contributed by atoms with E-state index in [9.17, 15) is 9.90 Å². The molecular weight excluding hydrogens is 822 g/mol. The Balaban J connectivity index is 1.29. The topological polar surface area (TPSA) is 60.7 Å². The van der Waals surface area contributed by atoms with Gasteiger partial charge in [0.2, 0.25) is 0 Å². The Bertz CT molecular complexity index is 2250. The molecule has 6 heteroatoms. The Morgan fingerprint density at radius 3 is 1.85 bits per heavy atom. The summed E-state index contributed by atoms with van der Waals surface area (Å²) >= 11 is 4.54. The highest BCUT2D eigenvalue weighted by Crippen LogP contribution is 2.37. The van der Waals surface area contributed by atoms with Crippen molar-refractivity contribution in [1.82, 2.24) is 0 Å². The minimum Gasteiger partial charge on any atom is -0.871 e. The molecule has 48 heavy (non-hydrogen) atoms. The van der Waals surface area contributed by atoms with Gasteiger partial charge in [-0.25, -0.2) is 4.42 Å². The van der Waals surface area contributed by atoms with E-state index < -0.39 is 0 Å². The molecule has 2 heterocycles. The highest BCUT2D eigenvalue weighted by molar-refractivity contribution is 14.1. The largest absolute Gasteiger partial charge is 0.871 e. The molecule has 1 aromatic heterocycles. The molecular formula is C42H28I2O4. The summed E-state index contributed by atoms with van der Waals surface area (Å²) < 4.78 is 15.0. The third-order valence-electron chi connectivity index (χ3n) is 8.31. The third-order valence-corrected chi connectivity index (χ3v) is 9.75. The van der Waals surface area contributed by atoms with Crippen LogP contribution < -0.4 is 5.11 Å². The second kappa shape index (κ2) is 13.5. The van der Waals surface area contributed by atoms with E-state index in [2.05, 4.69) is 45.2 Å². The minimum absolute atomic E-state index is 0.148. The van der Waals surface area contributed by atoms with E-state index in [1.54, 1.807) is 12.2 Å². The lowest BCUT2D eigenvalue weighted by Gasteiger charge is -2.29. The van der Waals surface area contributed by atoms with Gasteiger partial charge in [-0.05, 0) is 148 Å². The molecule has 0 bridgehead atoms. The van der Waals surface area contributed by atoms with Crippen LogP contribution in [-0.2, 0) is 9.53 Å². The van der Waals surface area contributed by atoms with Crippen LogP contribution in [0.2, 0.25) is 0 Å². The maximum absolute atomic E-state index is 13.6. The maximum Gasteiger partial charge on any atom is 0.361 e. The number of aryl methyl sites for hydroxylation is 2. The van der Waals surface area contributed by atoms with Crippen molar-refractivity contribution in [2.75, 3.05) is 0 Å². The average Bonchev–Trinajstić information content (AvgIpc) is 3.10. The maximum atomic E-state index is 13.6. The molecule has 1 aliphatic heterocycles. The standard InChI is InChI=1S/C42H28I2O4/c1-25-7-3-5-9-33(25)39-23-27(21-37(47-39)29-11-15-31(43)16-12-29)19-35-41(45)36(42(35)46)20-28-22-38(30-13-17-32(44)18-14-30)48-40(24-28)34-10-6-4-8-26(34)2/h3-24H,1-2H3. The molecule has 7 rings (SSSR count). The van der Waals surface area contributed by atoms with Gasteiger partial charge in [0.1, 0.15) is 11.5 Å². The second-order valence-electron chi connectivity index (χ2n) is 11.7. The van der Waals surface area contributed by atoms with Crippen LogP contribution in [0, 0.1) is 21.0 Å². The number of Topliss-reactive ketones (excluding diaryl/α,β-unsaturated/α-hetero) is 1. The van der Waals surface area contributed by atoms with Gasteiger partial charge in [-0.15, -0.1) is 0 Å². The zero-order valence-corrected chi connectivity index (χ0v) is 30.4. The van der Waals surface area contributed by atoms with Gasteiger partial charge in [0, 0.05) is 29.4 Å². The van der Waals surface area contributed by atoms with Crippen LogP contribution in [0.25, 0.3) is 40.2 Å². The predicted octanol–water partition coefficient (Wildman–Crippen LogP) is 10.3. The van der Waals surface area contributed by atoms with Crippen LogP contribution in [0.15, 0.2) is 154 Å². The van der Waals surface area contributed by atoms with Crippen LogP contribution in [0.5, 0.6) is 0 Å². The molecule has 4 aromatic carbocycles. The van der Waals surface area contributed by atoms with Gasteiger partial charge in [0.25, 0.3) is 0 Å². The SMILES string of the molecule is Cc1ccccc1C1=CC(=CC2=C([O-])C(=Cc3cc(-c4ccc(I)cc4)[o+]c(-c4ccccc4C)c3)C2=O)C=C(c2ccc(I)cc2)O1. The van der Waals surface area contributed by atoms with Crippen molar-refractivity contribution < 1.29 is 19.1 Å². The lowest BCUT2D eigenvalue weighted by atomic mass is 9.85. The summed E-state index contributed by atoms with van der Waals surface area (Å²) in [6, 6.07) is 35.8. The van der Waals surface area contributed by atoms with E-state index in [1.165, 1.54) is 0 Å². The van der Waals surface area contributed by atoms with Gasteiger partial charge in [-0.2, -0.15) is 0 Å². The van der Waals surface area contributed by atoms with E-state index in [1.807, 2.05) is 135 Å². The van der Waals surface area contributed by atoms with Crippen molar-refractivity contribution in [2.24, 2.45) is 0 Å². The van der Waals surface area contributed by atoms with Gasteiger partial charge >= 0.3 is 11.5 Å². The van der Waals surface area contributed by atoms with Gasteiger partial charge in [0.15, 0.2) is 5.78 Å². The number of benzene rings is 4. The number of hydrogen-bond acceptors (Lipinski definition) is 3. The Morgan fingerprint density at radius 2 is 1.23 bits per heavy atom. The van der Waals surface area contributed by atoms with Gasteiger partial charge in [-0.1, -0.05) is 60.4 Å².